The summed E-state index contributed by atoms with van der Waals surface area (Å²) in [5.74, 6) is 0.425. The van der Waals surface area contributed by atoms with E-state index in [9.17, 15) is 5.11 Å². The summed E-state index contributed by atoms with van der Waals surface area (Å²) in [5.41, 5.74) is 11.6. The standard InChI is InChI=1S/C9H13ClN2O2/c1-14-7-3-2-5(10)9(13)8(7)6(12)4-11/h2-3,6,13H,4,11-12H2,1H3/t6-/m0/s1. The molecule has 5 heteroatoms. The third kappa shape index (κ3) is 1.92. The summed E-state index contributed by atoms with van der Waals surface area (Å²) in [6, 6.07) is 2.71. The molecule has 0 unspecified atom stereocenters. The Hall–Kier alpha value is -0.970. The van der Waals surface area contributed by atoms with Gasteiger partial charge in [0.25, 0.3) is 0 Å². The largest absolute Gasteiger partial charge is 0.506 e. The highest BCUT2D eigenvalue weighted by Gasteiger charge is 2.17. The summed E-state index contributed by atoms with van der Waals surface area (Å²) in [7, 11) is 1.50. The number of phenols is 1. The lowest BCUT2D eigenvalue weighted by Gasteiger charge is -2.16. The number of nitrogens with two attached hydrogens (primary N) is 2. The molecule has 0 spiro atoms. The molecule has 0 bridgehead atoms. The summed E-state index contributed by atoms with van der Waals surface area (Å²) >= 11 is 5.74. The highest BCUT2D eigenvalue weighted by atomic mass is 35.5. The fourth-order valence-corrected chi connectivity index (χ4v) is 1.38. The molecule has 0 radical (unpaired) electrons. The lowest BCUT2D eigenvalue weighted by Crippen LogP contribution is -2.21. The van der Waals surface area contributed by atoms with Crippen LogP contribution in [-0.4, -0.2) is 18.8 Å². The molecule has 0 amide bonds. The normalized spacial score (nSPS) is 12.6. The predicted octanol–water partition coefficient (Wildman–Crippen LogP) is 1.01. The first kappa shape index (κ1) is 11.1. The molecule has 4 nitrogen and oxygen atoms in total. The van der Waals surface area contributed by atoms with Gasteiger partial charge in [0.05, 0.1) is 17.7 Å². The van der Waals surface area contributed by atoms with Gasteiger partial charge >= 0.3 is 0 Å². The topological polar surface area (TPSA) is 81.5 Å². The zero-order chi connectivity index (χ0) is 10.7. The Morgan fingerprint density at radius 3 is 2.71 bits per heavy atom. The summed E-state index contributed by atoms with van der Waals surface area (Å²) in [5, 5.41) is 9.90. The van der Waals surface area contributed by atoms with Crippen LogP contribution in [0.3, 0.4) is 0 Å². The van der Waals surface area contributed by atoms with Crippen molar-refractivity contribution in [2.24, 2.45) is 11.5 Å². The number of hydrogen-bond donors (Lipinski definition) is 3. The second-order valence-corrected chi connectivity index (χ2v) is 3.26. The minimum absolute atomic E-state index is 0.0658. The van der Waals surface area contributed by atoms with E-state index in [0.29, 0.717) is 11.3 Å². The van der Waals surface area contributed by atoms with Crippen molar-refractivity contribution in [1.29, 1.82) is 0 Å². The summed E-state index contributed by atoms with van der Waals surface area (Å²) in [4.78, 5) is 0. The summed E-state index contributed by atoms with van der Waals surface area (Å²) < 4.78 is 5.05. The second-order valence-electron chi connectivity index (χ2n) is 2.85. The predicted molar refractivity (Wildman–Crippen MR) is 55.7 cm³/mol. The number of methoxy groups -OCH3 is 1. The number of hydrogen-bond acceptors (Lipinski definition) is 4. The van der Waals surface area contributed by atoms with Crippen LogP contribution in [0.5, 0.6) is 11.5 Å². The number of phenolic OH excluding ortho intramolecular Hbond substituents is 1. The molecule has 0 saturated heterocycles. The number of rotatable bonds is 3. The highest BCUT2D eigenvalue weighted by molar-refractivity contribution is 6.32. The van der Waals surface area contributed by atoms with E-state index in [4.69, 9.17) is 27.8 Å². The van der Waals surface area contributed by atoms with E-state index in [1.807, 2.05) is 0 Å². The van der Waals surface area contributed by atoms with Crippen LogP contribution in [0.1, 0.15) is 11.6 Å². The SMILES string of the molecule is COc1ccc(Cl)c(O)c1[C@@H](N)CN. The molecule has 0 saturated carbocycles. The molecule has 1 atom stereocenters. The van der Waals surface area contributed by atoms with Gasteiger partial charge in [0.15, 0.2) is 0 Å². The molecule has 78 valence electrons. The van der Waals surface area contributed by atoms with Crippen molar-refractivity contribution in [2.45, 2.75) is 6.04 Å². The third-order valence-corrected chi connectivity index (χ3v) is 2.28. The van der Waals surface area contributed by atoms with E-state index in [2.05, 4.69) is 0 Å². The van der Waals surface area contributed by atoms with Gasteiger partial charge in [-0.3, -0.25) is 0 Å². The van der Waals surface area contributed by atoms with Crippen LogP contribution in [0.2, 0.25) is 5.02 Å². The van der Waals surface area contributed by atoms with Gasteiger partial charge in [0, 0.05) is 12.6 Å². The molecular formula is C9H13ClN2O2. The quantitative estimate of drug-likeness (QED) is 0.705. The highest BCUT2D eigenvalue weighted by Crippen LogP contribution is 2.37. The minimum Gasteiger partial charge on any atom is -0.506 e. The van der Waals surface area contributed by atoms with Crippen LogP contribution in [-0.2, 0) is 0 Å². The van der Waals surface area contributed by atoms with Crippen LogP contribution < -0.4 is 16.2 Å². The Balaban J connectivity index is 3.27. The Bertz CT molecular complexity index is 331. The van der Waals surface area contributed by atoms with Crippen LogP contribution in [0.15, 0.2) is 12.1 Å². The Morgan fingerprint density at radius 1 is 1.57 bits per heavy atom. The van der Waals surface area contributed by atoms with Crippen molar-refractivity contribution < 1.29 is 9.84 Å². The van der Waals surface area contributed by atoms with E-state index >= 15 is 0 Å². The zero-order valence-electron chi connectivity index (χ0n) is 7.83. The molecule has 1 aromatic rings. The van der Waals surface area contributed by atoms with Gasteiger partial charge < -0.3 is 21.3 Å². The maximum Gasteiger partial charge on any atom is 0.142 e. The van der Waals surface area contributed by atoms with E-state index in [-0.39, 0.29) is 17.3 Å². The molecule has 14 heavy (non-hydrogen) atoms. The first-order valence-electron chi connectivity index (χ1n) is 4.12. The fraction of sp³-hybridized carbons (Fsp3) is 0.333. The van der Waals surface area contributed by atoms with Crippen molar-refractivity contribution >= 4 is 11.6 Å². The fourth-order valence-electron chi connectivity index (χ4n) is 1.22. The first-order valence-corrected chi connectivity index (χ1v) is 4.50. The van der Waals surface area contributed by atoms with Gasteiger partial charge in [-0.2, -0.15) is 0 Å². The van der Waals surface area contributed by atoms with Gasteiger partial charge in [-0.05, 0) is 12.1 Å². The molecule has 0 fully saturated rings. The molecule has 0 aliphatic rings. The maximum absolute atomic E-state index is 9.66. The second kappa shape index (κ2) is 4.50. The van der Waals surface area contributed by atoms with Crippen molar-refractivity contribution in [1.82, 2.24) is 0 Å². The van der Waals surface area contributed by atoms with Crippen LogP contribution in [0.25, 0.3) is 0 Å². The molecule has 0 heterocycles. The van der Waals surface area contributed by atoms with Crippen molar-refractivity contribution in [3.63, 3.8) is 0 Å². The van der Waals surface area contributed by atoms with E-state index in [1.54, 1.807) is 12.1 Å². The minimum atomic E-state index is -0.483. The number of aromatic hydroxyl groups is 1. The molecule has 0 aliphatic carbocycles. The van der Waals surface area contributed by atoms with Gasteiger partial charge in [-0.15, -0.1) is 0 Å². The van der Waals surface area contributed by atoms with Crippen molar-refractivity contribution in [3.05, 3.63) is 22.7 Å². The van der Waals surface area contributed by atoms with E-state index in [0.717, 1.165) is 0 Å². The van der Waals surface area contributed by atoms with Crippen molar-refractivity contribution in [2.75, 3.05) is 13.7 Å². The lowest BCUT2D eigenvalue weighted by atomic mass is 10.1. The lowest BCUT2D eigenvalue weighted by molar-refractivity contribution is 0.394. The number of benzene rings is 1. The van der Waals surface area contributed by atoms with Crippen LogP contribution in [0.4, 0.5) is 0 Å². The van der Waals surface area contributed by atoms with Gasteiger partial charge in [0.1, 0.15) is 11.5 Å². The maximum atomic E-state index is 9.66. The smallest absolute Gasteiger partial charge is 0.142 e. The average Bonchev–Trinajstić information content (AvgIpc) is 2.20. The van der Waals surface area contributed by atoms with Gasteiger partial charge in [-0.25, -0.2) is 0 Å². The van der Waals surface area contributed by atoms with Crippen molar-refractivity contribution in [3.8, 4) is 11.5 Å². The monoisotopic (exact) mass is 216 g/mol. The Morgan fingerprint density at radius 2 is 2.21 bits per heavy atom. The van der Waals surface area contributed by atoms with Gasteiger partial charge in [0.2, 0.25) is 0 Å². The first-order chi connectivity index (χ1) is 6.61. The molecule has 1 aromatic carbocycles. The molecule has 1 rings (SSSR count). The van der Waals surface area contributed by atoms with Crippen LogP contribution >= 0.6 is 11.6 Å². The number of ether oxygens (including phenoxy) is 1. The summed E-state index contributed by atoms with van der Waals surface area (Å²) in [6.45, 7) is 0.213. The summed E-state index contributed by atoms with van der Waals surface area (Å²) in [6.07, 6.45) is 0. The van der Waals surface area contributed by atoms with Crippen LogP contribution in [0, 0.1) is 0 Å². The van der Waals surface area contributed by atoms with Gasteiger partial charge in [-0.1, -0.05) is 11.6 Å². The molecular weight excluding hydrogens is 204 g/mol. The van der Waals surface area contributed by atoms with E-state index in [1.165, 1.54) is 7.11 Å². The third-order valence-electron chi connectivity index (χ3n) is 1.97. The molecule has 0 aliphatic heterocycles. The Labute approximate surface area is 87.4 Å². The average molecular weight is 217 g/mol. The molecule has 5 N–H and O–H groups in total. The van der Waals surface area contributed by atoms with E-state index < -0.39 is 6.04 Å². The molecule has 0 aromatic heterocycles. The zero-order valence-corrected chi connectivity index (χ0v) is 8.58. The Kier molecular flexibility index (Phi) is 3.57. The number of halogens is 1.